The lowest BCUT2D eigenvalue weighted by molar-refractivity contribution is 0.102. The van der Waals surface area contributed by atoms with Gasteiger partial charge in [-0.1, -0.05) is 43.5 Å². The van der Waals surface area contributed by atoms with Gasteiger partial charge < -0.3 is 15.2 Å². The zero-order chi connectivity index (χ0) is 28.6. The molecule has 6 rings (SSSR count). The van der Waals surface area contributed by atoms with Crippen LogP contribution in [-0.4, -0.2) is 36.6 Å². The molecule has 41 heavy (non-hydrogen) atoms. The average molecular weight is 571 g/mol. The summed E-state index contributed by atoms with van der Waals surface area (Å²) >= 11 is 6.45. The second-order valence-corrected chi connectivity index (χ2v) is 12.6. The Hall–Kier alpha value is -3.74. The van der Waals surface area contributed by atoms with E-state index in [2.05, 4.69) is 44.9 Å². The predicted octanol–water partition coefficient (Wildman–Crippen LogP) is 5.65. The lowest BCUT2D eigenvalue weighted by Gasteiger charge is -2.46. The Kier molecular flexibility index (Phi) is 7.30. The molecule has 2 aliphatic rings. The van der Waals surface area contributed by atoms with Gasteiger partial charge in [0.15, 0.2) is 5.65 Å². The van der Waals surface area contributed by atoms with Crippen LogP contribution in [0, 0.1) is 22.7 Å². The lowest BCUT2D eigenvalue weighted by Crippen LogP contribution is -2.44. The normalized spacial score (nSPS) is 21.5. The minimum absolute atomic E-state index is 0.248. The zero-order valence-electron chi connectivity index (χ0n) is 23.5. The number of aryl methyl sites for hydroxylation is 1. The zero-order valence-corrected chi connectivity index (χ0v) is 24.3. The first-order valence-corrected chi connectivity index (χ1v) is 14.7. The van der Waals surface area contributed by atoms with Crippen molar-refractivity contribution in [3.8, 4) is 6.07 Å². The average Bonchev–Trinajstić information content (AvgIpc) is 3.66. The fourth-order valence-electron chi connectivity index (χ4n) is 6.85. The van der Waals surface area contributed by atoms with Crippen LogP contribution in [0.25, 0.3) is 5.65 Å². The first kappa shape index (κ1) is 27.4. The molecule has 10 heteroatoms. The van der Waals surface area contributed by atoms with Gasteiger partial charge in [-0.25, -0.2) is 4.98 Å². The second-order valence-electron chi connectivity index (χ2n) is 12.2. The molecule has 0 radical (unpaired) electrons. The molecule has 0 bridgehead atoms. The van der Waals surface area contributed by atoms with E-state index in [0.29, 0.717) is 46.3 Å². The number of hydrogen-bond donors (Lipinski definition) is 2. The summed E-state index contributed by atoms with van der Waals surface area (Å²) in [6, 6.07) is 12.1. The van der Waals surface area contributed by atoms with Crippen molar-refractivity contribution in [1.29, 1.82) is 5.26 Å². The summed E-state index contributed by atoms with van der Waals surface area (Å²) in [5.74, 6) is 0.930. The number of fused-ring (bicyclic) bond motifs is 1. The number of carbonyl (C=O) groups is 1. The number of rotatable bonds is 9. The van der Waals surface area contributed by atoms with Crippen molar-refractivity contribution in [2.75, 3.05) is 11.9 Å². The maximum atomic E-state index is 13.7. The van der Waals surface area contributed by atoms with Crippen LogP contribution in [0.1, 0.15) is 79.2 Å². The van der Waals surface area contributed by atoms with Crippen LogP contribution >= 0.6 is 11.6 Å². The maximum absolute atomic E-state index is 13.7. The number of halogens is 1. The van der Waals surface area contributed by atoms with E-state index < -0.39 is 0 Å². The highest BCUT2D eigenvalue weighted by Gasteiger charge is 2.49. The summed E-state index contributed by atoms with van der Waals surface area (Å²) in [5.41, 5.74) is 3.67. The molecule has 0 spiro atoms. The number of pyridine rings is 1. The standard InChI is InChI=1S/C31H35ClN8O/c1-30(9-3-4-10-30)19-34-16-22-12-25(27-35-17-26(32)40(27)18-22)28(41)37-24-7-5-6-23(13-24)31(14-21(15-31)8-11-33)29-38-36-20-39(29)2/h5-7,12-13,17-18,20-21,34H,3-4,8-10,14-16,19H2,1-2H3,(H,37,41). The number of amides is 1. The fraction of sp³-hybridized carbons (Fsp3) is 0.452. The molecule has 0 atom stereocenters. The van der Waals surface area contributed by atoms with E-state index in [1.54, 1.807) is 16.9 Å². The van der Waals surface area contributed by atoms with Crippen LogP contribution in [0.3, 0.4) is 0 Å². The summed E-state index contributed by atoms with van der Waals surface area (Å²) in [4.78, 5) is 18.1. The second kappa shape index (κ2) is 10.9. The van der Waals surface area contributed by atoms with Gasteiger partial charge in [-0.3, -0.25) is 9.20 Å². The molecule has 9 nitrogen and oxygen atoms in total. The van der Waals surface area contributed by atoms with Gasteiger partial charge >= 0.3 is 0 Å². The summed E-state index contributed by atoms with van der Waals surface area (Å²) in [5, 5.41) is 24.9. The van der Waals surface area contributed by atoms with Crippen LogP contribution in [0.4, 0.5) is 5.69 Å². The highest BCUT2D eigenvalue weighted by Crippen LogP contribution is 2.53. The summed E-state index contributed by atoms with van der Waals surface area (Å²) in [6.07, 6.45) is 12.4. The molecule has 3 heterocycles. The van der Waals surface area contributed by atoms with Crippen molar-refractivity contribution in [3.05, 3.63) is 76.7 Å². The van der Waals surface area contributed by atoms with E-state index >= 15 is 0 Å². The largest absolute Gasteiger partial charge is 0.322 e. The summed E-state index contributed by atoms with van der Waals surface area (Å²) in [7, 11) is 1.94. The molecule has 1 aromatic carbocycles. The highest BCUT2D eigenvalue weighted by atomic mass is 35.5. The Balaban J connectivity index is 1.25. The van der Waals surface area contributed by atoms with Gasteiger partial charge in [0.2, 0.25) is 0 Å². The van der Waals surface area contributed by atoms with Gasteiger partial charge in [-0.05, 0) is 66.3 Å². The molecule has 1 amide bonds. The number of hydrogen-bond acceptors (Lipinski definition) is 6. The SMILES string of the molecule is Cn1cnnc1C1(c2cccc(NC(=O)c3cc(CNCC4(C)CCCC4)cn4c(Cl)cnc34)c2)CC(CC#N)C1. The molecule has 0 aliphatic heterocycles. The van der Waals surface area contributed by atoms with Crippen molar-refractivity contribution in [1.82, 2.24) is 29.5 Å². The molecular weight excluding hydrogens is 536 g/mol. The molecular formula is C31H35ClN8O. The predicted molar refractivity (Wildman–Crippen MR) is 158 cm³/mol. The number of benzene rings is 1. The van der Waals surface area contributed by atoms with Crippen LogP contribution in [0.5, 0.6) is 0 Å². The van der Waals surface area contributed by atoms with E-state index in [4.69, 9.17) is 11.6 Å². The molecule has 2 saturated carbocycles. The first-order chi connectivity index (χ1) is 19.8. The van der Waals surface area contributed by atoms with Crippen molar-refractivity contribution in [2.45, 2.75) is 63.8 Å². The van der Waals surface area contributed by atoms with Crippen molar-refractivity contribution in [2.24, 2.45) is 18.4 Å². The van der Waals surface area contributed by atoms with Gasteiger partial charge in [-0.2, -0.15) is 5.26 Å². The summed E-state index contributed by atoms with van der Waals surface area (Å²) in [6.45, 7) is 3.93. The van der Waals surface area contributed by atoms with Crippen LogP contribution < -0.4 is 10.6 Å². The van der Waals surface area contributed by atoms with Gasteiger partial charge in [0.25, 0.3) is 5.91 Å². The minimum Gasteiger partial charge on any atom is -0.322 e. The van der Waals surface area contributed by atoms with Crippen molar-refractivity contribution >= 4 is 28.8 Å². The highest BCUT2D eigenvalue weighted by molar-refractivity contribution is 6.30. The van der Waals surface area contributed by atoms with Crippen molar-refractivity contribution in [3.63, 3.8) is 0 Å². The third kappa shape index (κ3) is 5.22. The third-order valence-electron chi connectivity index (χ3n) is 9.02. The van der Waals surface area contributed by atoms with E-state index in [-0.39, 0.29) is 11.3 Å². The van der Waals surface area contributed by atoms with Crippen LogP contribution in [0.2, 0.25) is 5.15 Å². The molecule has 0 unspecified atom stereocenters. The maximum Gasteiger partial charge on any atom is 0.259 e. The smallest absolute Gasteiger partial charge is 0.259 e. The Morgan fingerprint density at radius 2 is 2.05 bits per heavy atom. The monoisotopic (exact) mass is 570 g/mol. The number of nitrogens with zero attached hydrogens (tertiary/aromatic N) is 6. The number of imidazole rings is 1. The van der Waals surface area contributed by atoms with E-state index in [1.165, 1.54) is 25.7 Å². The number of aromatic nitrogens is 5. The van der Waals surface area contributed by atoms with Crippen LogP contribution in [0.15, 0.2) is 49.1 Å². The molecule has 2 aliphatic carbocycles. The number of nitrogens with one attached hydrogen (secondary N) is 2. The van der Waals surface area contributed by atoms with Crippen molar-refractivity contribution < 1.29 is 4.79 Å². The summed E-state index contributed by atoms with van der Waals surface area (Å²) < 4.78 is 3.72. The molecule has 0 saturated heterocycles. The third-order valence-corrected chi connectivity index (χ3v) is 9.30. The Bertz CT molecular complexity index is 1620. The van der Waals surface area contributed by atoms with E-state index in [1.807, 2.05) is 42.1 Å². The Morgan fingerprint density at radius 1 is 1.24 bits per heavy atom. The topological polar surface area (TPSA) is 113 Å². The molecule has 2 fully saturated rings. The van der Waals surface area contributed by atoms with Gasteiger partial charge in [-0.15, -0.1) is 10.2 Å². The van der Waals surface area contributed by atoms with E-state index in [0.717, 1.165) is 36.3 Å². The van der Waals surface area contributed by atoms with E-state index in [9.17, 15) is 10.1 Å². The number of carbonyl (C=O) groups excluding carboxylic acids is 1. The van der Waals surface area contributed by atoms with Gasteiger partial charge in [0.05, 0.1) is 23.2 Å². The Labute approximate surface area is 244 Å². The quantitative estimate of drug-likeness (QED) is 0.269. The number of nitriles is 1. The first-order valence-electron chi connectivity index (χ1n) is 14.3. The fourth-order valence-corrected chi connectivity index (χ4v) is 7.03. The molecule has 212 valence electrons. The van der Waals surface area contributed by atoms with Gasteiger partial charge in [0, 0.05) is 38.4 Å². The van der Waals surface area contributed by atoms with Gasteiger partial charge in [0.1, 0.15) is 17.3 Å². The van der Waals surface area contributed by atoms with Crippen LogP contribution in [-0.2, 0) is 19.0 Å². The molecule has 2 N–H and O–H groups in total. The Morgan fingerprint density at radius 3 is 2.78 bits per heavy atom. The molecule has 3 aromatic heterocycles. The molecule has 4 aromatic rings. The lowest BCUT2D eigenvalue weighted by atomic mass is 9.57. The number of anilines is 1. The minimum atomic E-state index is -0.348.